The molecule has 1 fully saturated rings. The van der Waals surface area contributed by atoms with Crippen LogP contribution in [0.1, 0.15) is 25.8 Å². The van der Waals surface area contributed by atoms with Crippen molar-refractivity contribution >= 4 is 28.9 Å². The summed E-state index contributed by atoms with van der Waals surface area (Å²) < 4.78 is 0. The number of alkyl halides is 1. The molecular weight excluding hydrogens is 241 g/mol. The Kier molecular flexibility index (Phi) is 3.66. The van der Waals surface area contributed by atoms with Crippen LogP contribution in [0.4, 0.5) is 5.69 Å². The van der Waals surface area contributed by atoms with Crippen LogP contribution in [0.3, 0.4) is 0 Å². The summed E-state index contributed by atoms with van der Waals surface area (Å²) >= 11 is 12.1. The summed E-state index contributed by atoms with van der Waals surface area (Å²) in [5, 5.41) is 0.819. The summed E-state index contributed by atoms with van der Waals surface area (Å²) in [6, 6.07) is 6.70. The molecule has 1 aliphatic heterocycles. The second-order valence-corrected chi connectivity index (χ2v) is 5.44. The number of anilines is 1. The van der Waals surface area contributed by atoms with Crippen molar-refractivity contribution in [1.29, 1.82) is 0 Å². The molecule has 0 radical (unpaired) electrons. The average Bonchev–Trinajstić information content (AvgIpc) is 2.57. The Balaban J connectivity index is 2.27. The minimum atomic E-state index is 0.520. The predicted octanol–water partition coefficient (Wildman–Crippen LogP) is 4.31. The monoisotopic (exact) mass is 257 g/mol. The van der Waals surface area contributed by atoms with Crippen LogP contribution in [0.15, 0.2) is 18.2 Å². The highest BCUT2D eigenvalue weighted by Gasteiger charge is 2.27. The van der Waals surface area contributed by atoms with E-state index >= 15 is 0 Å². The van der Waals surface area contributed by atoms with Crippen LogP contribution in [-0.4, -0.2) is 12.6 Å². The molecule has 1 aromatic carbocycles. The van der Waals surface area contributed by atoms with E-state index in [9.17, 15) is 0 Å². The Morgan fingerprint density at radius 3 is 2.62 bits per heavy atom. The van der Waals surface area contributed by atoms with Gasteiger partial charge in [0.25, 0.3) is 0 Å². The number of benzene rings is 1. The molecule has 0 aromatic heterocycles. The second kappa shape index (κ2) is 4.85. The van der Waals surface area contributed by atoms with Crippen molar-refractivity contribution in [3.63, 3.8) is 0 Å². The Morgan fingerprint density at radius 2 is 2.12 bits per heavy atom. The lowest BCUT2D eigenvalue weighted by atomic mass is 10.1. The fourth-order valence-corrected chi connectivity index (χ4v) is 2.98. The lowest BCUT2D eigenvalue weighted by Crippen LogP contribution is -2.26. The highest BCUT2D eigenvalue weighted by atomic mass is 35.5. The summed E-state index contributed by atoms with van der Waals surface area (Å²) in [7, 11) is 0. The van der Waals surface area contributed by atoms with E-state index in [1.54, 1.807) is 0 Å². The molecule has 0 aliphatic carbocycles. The van der Waals surface area contributed by atoms with Crippen molar-refractivity contribution in [2.45, 2.75) is 32.2 Å². The lowest BCUT2D eigenvalue weighted by molar-refractivity contribution is 0.625. The van der Waals surface area contributed by atoms with Crippen LogP contribution in [0, 0.1) is 5.92 Å². The smallest absolute Gasteiger partial charge is 0.0642 e. The molecule has 1 saturated heterocycles. The molecule has 0 saturated carbocycles. The largest absolute Gasteiger partial charge is 0.367 e. The summed E-state index contributed by atoms with van der Waals surface area (Å²) in [6.45, 7) is 5.65. The molecule has 2 rings (SSSR count). The molecule has 3 heteroatoms. The fraction of sp³-hybridized carbons (Fsp3) is 0.538. The van der Waals surface area contributed by atoms with Gasteiger partial charge in [0.1, 0.15) is 0 Å². The first-order valence-corrected chi connectivity index (χ1v) is 6.64. The quantitative estimate of drug-likeness (QED) is 0.714. The highest BCUT2D eigenvalue weighted by Crippen LogP contribution is 2.34. The third-order valence-electron chi connectivity index (χ3n) is 3.26. The number of rotatable bonds is 2. The zero-order valence-electron chi connectivity index (χ0n) is 9.71. The van der Waals surface area contributed by atoms with Crippen LogP contribution < -0.4 is 4.90 Å². The Labute approximate surface area is 107 Å². The van der Waals surface area contributed by atoms with Crippen molar-refractivity contribution in [1.82, 2.24) is 0 Å². The zero-order chi connectivity index (χ0) is 11.7. The standard InChI is InChI=1S/C13H17Cl2N/c1-9-5-10(2)16(8-9)13-4-3-11(7-14)6-12(13)15/h3-4,6,9-10H,5,7-8H2,1-2H3. The van der Waals surface area contributed by atoms with Gasteiger partial charge in [0.05, 0.1) is 10.7 Å². The Bertz CT molecular complexity index is 378. The molecule has 88 valence electrons. The van der Waals surface area contributed by atoms with Crippen molar-refractivity contribution in [3.05, 3.63) is 28.8 Å². The molecule has 2 unspecified atom stereocenters. The number of hydrogen-bond donors (Lipinski definition) is 0. The summed E-state index contributed by atoms with van der Waals surface area (Å²) in [6.07, 6.45) is 1.24. The second-order valence-electron chi connectivity index (χ2n) is 4.76. The molecular formula is C13H17Cl2N. The molecule has 1 aliphatic rings. The van der Waals surface area contributed by atoms with E-state index in [4.69, 9.17) is 23.2 Å². The van der Waals surface area contributed by atoms with Gasteiger partial charge in [0, 0.05) is 18.5 Å². The van der Waals surface area contributed by atoms with Crippen LogP contribution in [0.5, 0.6) is 0 Å². The van der Waals surface area contributed by atoms with E-state index in [2.05, 4.69) is 30.9 Å². The molecule has 1 heterocycles. The van der Waals surface area contributed by atoms with E-state index in [-0.39, 0.29) is 0 Å². The molecule has 0 bridgehead atoms. The summed E-state index contributed by atoms with van der Waals surface area (Å²) in [5.41, 5.74) is 2.22. The van der Waals surface area contributed by atoms with Crippen LogP contribution >= 0.6 is 23.2 Å². The van der Waals surface area contributed by atoms with Crippen molar-refractivity contribution < 1.29 is 0 Å². The third kappa shape index (κ3) is 2.31. The highest BCUT2D eigenvalue weighted by molar-refractivity contribution is 6.33. The van der Waals surface area contributed by atoms with Crippen molar-refractivity contribution in [2.75, 3.05) is 11.4 Å². The maximum Gasteiger partial charge on any atom is 0.0642 e. The van der Waals surface area contributed by atoms with E-state index in [1.165, 1.54) is 6.42 Å². The van der Waals surface area contributed by atoms with E-state index in [0.29, 0.717) is 11.9 Å². The van der Waals surface area contributed by atoms with E-state index < -0.39 is 0 Å². The van der Waals surface area contributed by atoms with Crippen LogP contribution in [0.25, 0.3) is 0 Å². The van der Waals surface area contributed by atoms with Gasteiger partial charge in [-0.25, -0.2) is 0 Å². The molecule has 0 spiro atoms. The van der Waals surface area contributed by atoms with Gasteiger partial charge >= 0.3 is 0 Å². The average molecular weight is 258 g/mol. The van der Waals surface area contributed by atoms with E-state index in [1.807, 2.05) is 6.07 Å². The topological polar surface area (TPSA) is 3.24 Å². The van der Waals surface area contributed by atoms with Crippen LogP contribution in [-0.2, 0) is 5.88 Å². The van der Waals surface area contributed by atoms with Gasteiger partial charge in [0.2, 0.25) is 0 Å². The molecule has 0 amide bonds. The van der Waals surface area contributed by atoms with Gasteiger partial charge in [0.15, 0.2) is 0 Å². The number of nitrogens with zero attached hydrogens (tertiary/aromatic N) is 1. The maximum absolute atomic E-state index is 6.30. The van der Waals surface area contributed by atoms with Gasteiger partial charge in [-0.05, 0) is 37.0 Å². The minimum Gasteiger partial charge on any atom is -0.367 e. The lowest BCUT2D eigenvalue weighted by Gasteiger charge is -2.25. The number of halogens is 2. The van der Waals surface area contributed by atoms with Crippen molar-refractivity contribution in [2.24, 2.45) is 5.92 Å². The third-order valence-corrected chi connectivity index (χ3v) is 3.87. The molecule has 0 N–H and O–H groups in total. The first-order chi connectivity index (χ1) is 7.61. The fourth-order valence-electron chi connectivity index (χ4n) is 2.50. The minimum absolute atomic E-state index is 0.520. The van der Waals surface area contributed by atoms with Crippen molar-refractivity contribution in [3.8, 4) is 0 Å². The van der Waals surface area contributed by atoms with Gasteiger partial charge in [-0.1, -0.05) is 24.6 Å². The summed E-state index contributed by atoms with van der Waals surface area (Å²) in [4.78, 5) is 2.39. The first-order valence-electron chi connectivity index (χ1n) is 5.73. The SMILES string of the molecule is CC1CC(C)N(c2ccc(CCl)cc2Cl)C1. The normalized spacial score (nSPS) is 25.1. The summed E-state index contributed by atoms with van der Waals surface area (Å²) in [5.74, 6) is 1.27. The zero-order valence-corrected chi connectivity index (χ0v) is 11.2. The molecule has 2 atom stereocenters. The molecule has 1 aromatic rings. The Hall–Kier alpha value is -0.400. The first kappa shape index (κ1) is 12.1. The molecule has 16 heavy (non-hydrogen) atoms. The van der Waals surface area contributed by atoms with Gasteiger partial charge < -0.3 is 4.90 Å². The van der Waals surface area contributed by atoms with Crippen LogP contribution in [0.2, 0.25) is 5.02 Å². The Morgan fingerprint density at radius 1 is 1.38 bits per heavy atom. The number of hydrogen-bond acceptors (Lipinski definition) is 1. The maximum atomic E-state index is 6.30. The van der Waals surface area contributed by atoms with Gasteiger partial charge in [-0.3, -0.25) is 0 Å². The molecule has 1 nitrogen and oxygen atoms in total. The van der Waals surface area contributed by atoms with Gasteiger partial charge in [-0.2, -0.15) is 0 Å². The van der Waals surface area contributed by atoms with Gasteiger partial charge in [-0.15, -0.1) is 11.6 Å². The predicted molar refractivity (Wildman–Crippen MR) is 71.6 cm³/mol. The van der Waals surface area contributed by atoms with E-state index in [0.717, 1.165) is 28.7 Å².